The highest BCUT2D eigenvalue weighted by atomic mass is 32.1. The summed E-state index contributed by atoms with van der Waals surface area (Å²) in [6.07, 6.45) is 3.31. The fraction of sp³-hybridized carbons (Fsp3) is 0.136. The number of ether oxygens (including phenoxy) is 2. The maximum atomic E-state index is 12.3. The number of nitro groups is 1. The maximum Gasteiger partial charge on any atom is 0.269 e. The number of nitrogens with zero attached hydrogens (tertiary/aromatic N) is 1. The van der Waals surface area contributed by atoms with Gasteiger partial charge in [0.2, 0.25) is 0 Å². The van der Waals surface area contributed by atoms with Crippen LogP contribution in [0.15, 0.2) is 60.7 Å². The average molecular weight is 409 g/mol. The number of methoxy groups -OCH3 is 1. The first-order valence-corrected chi connectivity index (χ1v) is 9.61. The topological polar surface area (TPSA) is 78.7 Å². The van der Waals surface area contributed by atoms with E-state index in [9.17, 15) is 14.9 Å². The Hall–Kier alpha value is -3.45. The van der Waals surface area contributed by atoms with Gasteiger partial charge in [-0.15, -0.1) is 11.3 Å². The van der Waals surface area contributed by atoms with Crippen molar-refractivity contribution in [3.8, 4) is 11.5 Å². The summed E-state index contributed by atoms with van der Waals surface area (Å²) in [6.45, 7) is 2.19. The summed E-state index contributed by atoms with van der Waals surface area (Å²) in [5, 5.41) is 10.7. The smallest absolute Gasteiger partial charge is 0.269 e. The molecule has 0 saturated heterocycles. The number of carbonyl (C=O) groups excluding carboxylic acids is 1. The second kappa shape index (κ2) is 9.16. The molecule has 0 aliphatic carbocycles. The number of carbonyl (C=O) groups is 1. The molecule has 0 aliphatic heterocycles. The highest BCUT2D eigenvalue weighted by Gasteiger charge is 2.08. The first-order valence-electron chi connectivity index (χ1n) is 8.79. The van der Waals surface area contributed by atoms with Gasteiger partial charge in [-0.25, -0.2) is 0 Å². The third-order valence-corrected chi connectivity index (χ3v) is 5.17. The minimum atomic E-state index is -0.457. The molecule has 0 bridgehead atoms. The molecule has 0 amide bonds. The molecule has 29 heavy (non-hydrogen) atoms. The minimum Gasteiger partial charge on any atom is -0.496 e. The molecule has 0 spiro atoms. The molecule has 7 heteroatoms. The molecule has 0 fully saturated rings. The van der Waals surface area contributed by atoms with Crippen LogP contribution in [0.5, 0.6) is 11.5 Å². The van der Waals surface area contributed by atoms with E-state index in [1.54, 1.807) is 31.4 Å². The van der Waals surface area contributed by atoms with Gasteiger partial charge in [0.1, 0.15) is 18.1 Å². The van der Waals surface area contributed by atoms with E-state index >= 15 is 0 Å². The van der Waals surface area contributed by atoms with E-state index in [-0.39, 0.29) is 18.1 Å². The molecule has 0 N–H and O–H groups in total. The third kappa shape index (κ3) is 5.30. The van der Waals surface area contributed by atoms with Crippen molar-refractivity contribution in [2.24, 2.45) is 0 Å². The van der Waals surface area contributed by atoms with E-state index in [4.69, 9.17) is 9.47 Å². The first kappa shape index (κ1) is 20.3. The lowest BCUT2D eigenvalue weighted by atomic mass is 10.1. The second-order valence-corrected chi connectivity index (χ2v) is 7.51. The van der Waals surface area contributed by atoms with Crippen molar-refractivity contribution >= 4 is 28.9 Å². The Labute approximate surface area is 172 Å². The van der Waals surface area contributed by atoms with E-state index in [0.717, 1.165) is 16.0 Å². The summed E-state index contributed by atoms with van der Waals surface area (Å²) in [6, 6.07) is 15.2. The van der Waals surface area contributed by atoms with Crippen molar-refractivity contribution < 1.29 is 19.2 Å². The molecule has 3 rings (SSSR count). The Balaban J connectivity index is 1.72. The zero-order valence-electron chi connectivity index (χ0n) is 16.0. The molecule has 6 nitrogen and oxygen atoms in total. The molecule has 0 aliphatic rings. The van der Waals surface area contributed by atoms with Gasteiger partial charge >= 0.3 is 0 Å². The van der Waals surface area contributed by atoms with Gasteiger partial charge in [-0.05, 0) is 55.0 Å². The van der Waals surface area contributed by atoms with Gasteiger partial charge in [-0.2, -0.15) is 0 Å². The van der Waals surface area contributed by atoms with Crippen LogP contribution in [-0.2, 0) is 6.61 Å². The van der Waals surface area contributed by atoms with Crippen LogP contribution in [0.4, 0.5) is 5.69 Å². The normalized spacial score (nSPS) is 10.8. The van der Waals surface area contributed by atoms with Crippen LogP contribution < -0.4 is 9.47 Å². The van der Waals surface area contributed by atoms with Gasteiger partial charge in [0.05, 0.1) is 16.9 Å². The van der Waals surface area contributed by atoms with E-state index in [2.05, 4.69) is 0 Å². The lowest BCUT2D eigenvalue weighted by molar-refractivity contribution is -0.384. The van der Waals surface area contributed by atoms with Crippen LogP contribution in [-0.4, -0.2) is 17.8 Å². The van der Waals surface area contributed by atoms with Crippen LogP contribution in [0.3, 0.4) is 0 Å². The molecule has 2 aromatic carbocycles. The van der Waals surface area contributed by atoms with Gasteiger partial charge in [-0.3, -0.25) is 14.9 Å². The summed E-state index contributed by atoms with van der Waals surface area (Å²) in [5.74, 6) is 1.13. The molecule has 0 radical (unpaired) electrons. The van der Waals surface area contributed by atoms with Crippen molar-refractivity contribution in [1.29, 1.82) is 0 Å². The minimum absolute atomic E-state index is 0.00710. The van der Waals surface area contributed by atoms with Crippen molar-refractivity contribution in [3.05, 3.63) is 91.7 Å². The molecule has 3 aromatic rings. The standard InChI is InChI=1S/C22H19NO5S/c1-15-3-12-22(29-15)20(24)10-4-16-5-11-21(27-2)17(13-16)14-28-19-8-6-18(7-9-19)23(25)26/h3-13H,14H2,1-2H3/b10-4+. The molecular weight excluding hydrogens is 390 g/mol. The fourth-order valence-corrected chi connectivity index (χ4v) is 3.45. The number of non-ortho nitro benzene ring substituents is 1. The van der Waals surface area contributed by atoms with Crippen LogP contribution in [0, 0.1) is 17.0 Å². The van der Waals surface area contributed by atoms with E-state index in [0.29, 0.717) is 16.4 Å². The summed E-state index contributed by atoms with van der Waals surface area (Å²) < 4.78 is 11.1. The van der Waals surface area contributed by atoms with Gasteiger partial charge < -0.3 is 9.47 Å². The molecule has 0 atom stereocenters. The highest BCUT2D eigenvalue weighted by molar-refractivity contribution is 7.14. The SMILES string of the molecule is COc1ccc(/C=C/C(=O)c2ccc(C)s2)cc1COc1ccc([N+](=O)[O-])cc1. The molecule has 1 heterocycles. The molecule has 1 aromatic heterocycles. The number of thiophene rings is 1. The number of aryl methyl sites for hydroxylation is 1. The zero-order valence-corrected chi connectivity index (χ0v) is 16.8. The Morgan fingerprint density at radius 2 is 1.90 bits per heavy atom. The second-order valence-electron chi connectivity index (χ2n) is 6.22. The van der Waals surface area contributed by atoms with Gasteiger partial charge in [0.15, 0.2) is 5.78 Å². The van der Waals surface area contributed by atoms with Gasteiger partial charge in [-0.1, -0.05) is 12.1 Å². The maximum absolute atomic E-state index is 12.3. The predicted octanol–water partition coefficient (Wildman–Crippen LogP) is 5.45. The number of hydrogen-bond donors (Lipinski definition) is 0. The number of ketones is 1. The number of rotatable bonds is 8. The van der Waals surface area contributed by atoms with E-state index in [1.807, 2.05) is 37.3 Å². The van der Waals surface area contributed by atoms with Crippen molar-refractivity contribution in [2.45, 2.75) is 13.5 Å². The highest BCUT2D eigenvalue weighted by Crippen LogP contribution is 2.24. The quantitative estimate of drug-likeness (QED) is 0.214. The van der Waals surface area contributed by atoms with Crippen molar-refractivity contribution in [3.63, 3.8) is 0 Å². The Morgan fingerprint density at radius 1 is 1.14 bits per heavy atom. The van der Waals surface area contributed by atoms with Crippen molar-refractivity contribution in [2.75, 3.05) is 7.11 Å². The van der Waals surface area contributed by atoms with Crippen LogP contribution in [0.2, 0.25) is 0 Å². The third-order valence-electron chi connectivity index (χ3n) is 4.16. The Bertz CT molecular complexity index is 1050. The number of nitro benzene ring substituents is 1. The molecule has 148 valence electrons. The molecule has 0 unspecified atom stereocenters. The summed E-state index contributed by atoms with van der Waals surface area (Å²) >= 11 is 1.47. The monoisotopic (exact) mass is 409 g/mol. The lowest BCUT2D eigenvalue weighted by Gasteiger charge is -2.11. The first-order chi connectivity index (χ1) is 14.0. The zero-order chi connectivity index (χ0) is 20.8. The van der Waals surface area contributed by atoms with Crippen LogP contribution >= 0.6 is 11.3 Å². The molecule has 0 saturated carbocycles. The van der Waals surface area contributed by atoms with Crippen LogP contribution in [0.1, 0.15) is 25.7 Å². The Morgan fingerprint density at radius 3 is 2.52 bits per heavy atom. The van der Waals surface area contributed by atoms with Crippen LogP contribution in [0.25, 0.3) is 6.08 Å². The number of benzene rings is 2. The average Bonchev–Trinajstić information content (AvgIpc) is 3.17. The summed E-state index contributed by atoms with van der Waals surface area (Å²) in [7, 11) is 1.57. The largest absolute Gasteiger partial charge is 0.496 e. The molecular formula is C22H19NO5S. The predicted molar refractivity (Wildman–Crippen MR) is 113 cm³/mol. The Kier molecular flexibility index (Phi) is 6.41. The van der Waals surface area contributed by atoms with E-state index < -0.39 is 4.92 Å². The fourth-order valence-electron chi connectivity index (χ4n) is 2.66. The summed E-state index contributed by atoms with van der Waals surface area (Å²) in [5.41, 5.74) is 1.65. The number of hydrogen-bond acceptors (Lipinski definition) is 6. The summed E-state index contributed by atoms with van der Waals surface area (Å²) in [4.78, 5) is 24.3. The van der Waals surface area contributed by atoms with Gasteiger partial charge in [0.25, 0.3) is 5.69 Å². The van der Waals surface area contributed by atoms with E-state index in [1.165, 1.54) is 23.5 Å². The lowest BCUT2D eigenvalue weighted by Crippen LogP contribution is -1.99. The van der Waals surface area contributed by atoms with Crippen molar-refractivity contribution in [1.82, 2.24) is 0 Å². The number of allylic oxidation sites excluding steroid dienone is 1. The van der Waals surface area contributed by atoms with Gasteiger partial charge in [0, 0.05) is 22.6 Å².